The topological polar surface area (TPSA) is 142 Å². The van der Waals surface area contributed by atoms with E-state index in [1.165, 1.54) is 11.8 Å². The number of thioether (sulfide) groups is 1. The molecule has 0 aliphatic heterocycles. The molecule has 0 radical (unpaired) electrons. The number of amides is 2. The van der Waals surface area contributed by atoms with Gasteiger partial charge in [0, 0.05) is 6.54 Å². The zero-order chi connectivity index (χ0) is 24.1. The van der Waals surface area contributed by atoms with Crippen molar-refractivity contribution in [2.24, 2.45) is 5.73 Å². The number of aromatic nitrogens is 3. The molecule has 2 amide bonds. The first-order valence-corrected chi connectivity index (χ1v) is 12.1. The number of nitrogens with one attached hydrogen (secondary N) is 1. The predicted octanol–water partition coefficient (Wildman–Crippen LogP) is 3.71. The van der Waals surface area contributed by atoms with Crippen LogP contribution in [0.4, 0.5) is 5.00 Å². The van der Waals surface area contributed by atoms with Crippen LogP contribution in [-0.4, -0.2) is 44.4 Å². The summed E-state index contributed by atoms with van der Waals surface area (Å²) in [5.74, 6) is -0.482. The smallest absolute Gasteiger partial charge is 0.341 e. The van der Waals surface area contributed by atoms with Crippen molar-refractivity contribution < 1.29 is 23.5 Å². The molecule has 0 fully saturated rings. The fourth-order valence-electron chi connectivity index (χ4n) is 3.06. The first kappa shape index (κ1) is 24.5. The van der Waals surface area contributed by atoms with E-state index >= 15 is 0 Å². The van der Waals surface area contributed by atoms with Crippen LogP contribution in [0.3, 0.4) is 0 Å². The van der Waals surface area contributed by atoms with Gasteiger partial charge in [-0.2, -0.15) is 0 Å². The van der Waals surface area contributed by atoms with Crippen molar-refractivity contribution in [3.63, 3.8) is 0 Å². The highest BCUT2D eigenvalue weighted by molar-refractivity contribution is 7.99. The van der Waals surface area contributed by atoms with Crippen LogP contribution < -0.4 is 11.1 Å². The molecule has 33 heavy (non-hydrogen) atoms. The predicted molar refractivity (Wildman–Crippen MR) is 125 cm³/mol. The lowest BCUT2D eigenvalue weighted by atomic mass is 10.1. The molecule has 3 heterocycles. The number of furan rings is 1. The summed E-state index contributed by atoms with van der Waals surface area (Å²) in [4.78, 5) is 37.2. The summed E-state index contributed by atoms with van der Waals surface area (Å²) in [6.45, 7) is 7.71. The third-order valence-corrected chi connectivity index (χ3v) is 6.60. The second kappa shape index (κ2) is 10.7. The highest BCUT2D eigenvalue weighted by atomic mass is 32.2. The van der Waals surface area contributed by atoms with E-state index in [0.717, 1.165) is 17.8 Å². The number of rotatable bonds is 10. The summed E-state index contributed by atoms with van der Waals surface area (Å²) >= 11 is 2.16. The summed E-state index contributed by atoms with van der Waals surface area (Å²) in [6.07, 6.45) is 2.05. The minimum atomic E-state index is -0.677. The number of hydrogen-bond donors (Lipinski definition) is 2. The molecule has 0 saturated carbocycles. The second-order valence-corrected chi connectivity index (χ2v) is 9.31. The molecule has 0 aliphatic rings. The van der Waals surface area contributed by atoms with Crippen molar-refractivity contribution in [2.75, 3.05) is 11.1 Å². The van der Waals surface area contributed by atoms with E-state index < -0.39 is 11.9 Å². The normalized spacial score (nSPS) is 11.1. The molecule has 3 aromatic rings. The molecule has 0 aromatic carbocycles. The number of ether oxygens (including phenoxy) is 1. The van der Waals surface area contributed by atoms with Crippen LogP contribution >= 0.6 is 23.1 Å². The second-order valence-electron chi connectivity index (χ2n) is 7.35. The average Bonchev–Trinajstić information content (AvgIpc) is 3.45. The minimum absolute atomic E-state index is 0.0154. The lowest BCUT2D eigenvalue weighted by Crippen LogP contribution is -2.18. The fraction of sp³-hybridized carbons (Fsp3) is 0.381. The van der Waals surface area contributed by atoms with E-state index in [1.54, 1.807) is 39.2 Å². The van der Waals surface area contributed by atoms with Crippen molar-refractivity contribution in [2.45, 2.75) is 51.9 Å². The molecule has 0 spiro atoms. The van der Waals surface area contributed by atoms with Gasteiger partial charge in [-0.3, -0.25) is 14.2 Å². The lowest BCUT2D eigenvalue weighted by Gasteiger charge is -2.10. The Labute approximate surface area is 198 Å². The molecule has 176 valence electrons. The number of thiophene rings is 1. The molecule has 3 N–H and O–H groups in total. The van der Waals surface area contributed by atoms with Gasteiger partial charge in [0.25, 0.3) is 5.91 Å². The van der Waals surface area contributed by atoms with E-state index in [4.69, 9.17) is 14.9 Å². The fourth-order valence-corrected chi connectivity index (χ4v) is 4.88. The Morgan fingerprint density at radius 2 is 2.09 bits per heavy atom. The van der Waals surface area contributed by atoms with E-state index in [-0.39, 0.29) is 33.2 Å². The summed E-state index contributed by atoms with van der Waals surface area (Å²) in [7, 11) is 0. The number of esters is 1. The Balaban J connectivity index is 1.77. The highest BCUT2D eigenvalue weighted by Gasteiger charge is 2.26. The highest BCUT2D eigenvalue weighted by Crippen LogP contribution is 2.34. The number of hydrogen-bond acceptors (Lipinski definition) is 9. The minimum Gasteiger partial charge on any atom is -0.461 e. The van der Waals surface area contributed by atoms with Crippen LogP contribution in [0.25, 0.3) is 11.6 Å². The number of carbonyl (C=O) groups is 3. The summed E-state index contributed by atoms with van der Waals surface area (Å²) in [5, 5.41) is 11.9. The quantitative estimate of drug-likeness (QED) is 0.323. The maximum absolute atomic E-state index is 12.7. The Morgan fingerprint density at radius 3 is 2.70 bits per heavy atom. The van der Waals surface area contributed by atoms with Crippen molar-refractivity contribution in [3.05, 3.63) is 34.4 Å². The van der Waals surface area contributed by atoms with Crippen LogP contribution in [-0.2, 0) is 16.1 Å². The third-order valence-electron chi connectivity index (χ3n) is 4.41. The molecule has 3 aromatic heterocycles. The number of carbonyl (C=O) groups excluding carboxylic acids is 3. The van der Waals surface area contributed by atoms with Crippen LogP contribution in [0.2, 0.25) is 0 Å². The molecule has 12 heteroatoms. The van der Waals surface area contributed by atoms with Crippen LogP contribution in [0.5, 0.6) is 0 Å². The van der Waals surface area contributed by atoms with E-state index in [2.05, 4.69) is 15.5 Å². The lowest BCUT2D eigenvalue weighted by molar-refractivity contribution is -0.113. The van der Waals surface area contributed by atoms with Gasteiger partial charge in [-0.25, -0.2) is 4.79 Å². The maximum atomic E-state index is 12.7. The van der Waals surface area contributed by atoms with E-state index in [1.807, 2.05) is 11.5 Å². The Hall–Kier alpha value is -3.12. The van der Waals surface area contributed by atoms with Crippen LogP contribution in [0.15, 0.2) is 28.0 Å². The summed E-state index contributed by atoms with van der Waals surface area (Å²) in [5.41, 5.74) is 5.94. The van der Waals surface area contributed by atoms with Gasteiger partial charge in [0.1, 0.15) is 5.00 Å². The molecule has 3 rings (SSSR count). The molecule has 10 nitrogen and oxygen atoms in total. The first-order valence-electron chi connectivity index (χ1n) is 10.3. The molecular weight excluding hydrogens is 466 g/mol. The number of nitrogens with two attached hydrogens (primary N) is 1. The van der Waals surface area contributed by atoms with Gasteiger partial charge in [0.2, 0.25) is 5.91 Å². The summed E-state index contributed by atoms with van der Waals surface area (Å²) in [6, 6.07) is 3.57. The zero-order valence-electron chi connectivity index (χ0n) is 18.7. The van der Waals surface area contributed by atoms with Gasteiger partial charge < -0.3 is 20.2 Å². The van der Waals surface area contributed by atoms with Crippen molar-refractivity contribution in [3.8, 4) is 11.6 Å². The molecule has 0 atom stereocenters. The van der Waals surface area contributed by atoms with Gasteiger partial charge in [0.15, 0.2) is 16.7 Å². The van der Waals surface area contributed by atoms with Crippen LogP contribution in [0, 0.1) is 6.92 Å². The number of nitrogens with zero attached hydrogens (tertiary/aromatic N) is 3. The Morgan fingerprint density at radius 1 is 1.33 bits per heavy atom. The standard InChI is InChI=1S/C21H25N5O5S2/c1-5-8-26-18(13-7-6-9-30-13)24-25-21(26)32-10-14(27)23-19-15(20(29)31-11(2)3)12(4)16(33-19)17(22)28/h6-7,9,11H,5,8,10H2,1-4H3,(H2,22,28)(H,23,27). The first-order chi connectivity index (χ1) is 15.7. The van der Waals surface area contributed by atoms with Gasteiger partial charge in [-0.05, 0) is 44.9 Å². The van der Waals surface area contributed by atoms with Crippen LogP contribution in [0.1, 0.15) is 52.8 Å². The van der Waals surface area contributed by atoms with Crippen molar-refractivity contribution in [1.82, 2.24) is 14.8 Å². The van der Waals surface area contributed by atoms with Gasteiger partial charge in [-0.15, -0.1) is 21.5 Å². The van der Waals surface area contributed by atoms with Gasteiger partial charge in [0.05, 0.1) is 28.6 Å². The van der Waals surface area contributed by atoms with Gasteiger partial charge in [-0.1, -0.05) is 18.7 Å². The number of anilines is 1. The third kappa shape index (κ3) is 5.63. The summed E-state index contributed by atoms with van der Waals surface area (Å²) < 4.78 is 12.6. The maximum Gasteiger partial charge on any atom is 0.341 e. The SMILES string of the molecule is CCCn1c(SCC(=O)Nc2sc(C(N)=O)c(C)c2C(=O)OC(C)C)nnc1-c1ccco1. The molecule has 0 aliphatic carbocycles. The Kier molecular flexibility index (Phi) is 7.92. The molecular formula is C21H25N5O5S2. The van der Waals surface area contributed by atoms with Gasteiger partial charge >= 0.3 is 5.97 Å². The van der Waals surface area contributed by atoms with Crippen molar-refractivity contribution in [1.29, 1.82) is 0 Å². The molecule has 0 bridgehead atoms. The largest absolute Gasteiger partial charge is 0.461 e. The molecule has 0 unspecified atom stereocenters. The zero-order valence-corrected chi connectivity index (χ0v) is 20.3. The number of primary amides is 1. The molecule has 0 saturated heterocycles. The van der Waals surface area contributed by atoms with E-state index in [9.17, 15) is 14.4 Å². The van der Waals surface area contributed by atoms with E-state index in [0.29, 0.717) is 28.8 Å². The van der Waals surface area contributed by atoms with Crippen molar-refractivity contribution >= 4 is 45.9 Å². The Bertz CT molecular complexity index is 1150. The monoisotopic (exact) mass is 491 g/mol. The average molecular weight is 492 g/mol.